The van der Waals surface area contributed by atoms with E-state index < -0.39 is 0 Å². The molecular weight excluding hydrogens is 46.8 g/mol. The van der Waals surface area contributed by atoms with Crippen molar-refractivity contribution in [1.82, 2.24) is 0 Å². The maximum absolute atomic E-state index is 4.72. The van der Waals surface area contributed by atoms with Crippen LogP contribution in [0.1, 0.15) is 6.92 Å². The van der Waals surface area contributed by atoms with Crippen LogP contribution in [0.25, 0.3) is 0 Å². The van der Waals surface area contributed by atoms with E-state index >= 15 is 0 Å². The molecule has 0 aromatic rings. The molecule has 0 heterocycles. The van der Waals surface area contributed by atoms with Crippen LogP contribution in [0.2, 0.25) is 0 Å². The standard InChI is InChI=1S/C3H4B/c1-2-3-4/h2H,1H3. The first-order valence-corrected chi connectivity index (χ1v) is 1.15. The fourth-order valence-corrected chi connectivity index (χ4v) is 0. The summed E-state index contributed by atoms with van der Waals surface area (Å²) >= 11 is 0. The second-order valence-electron chi connectivity index (χ2n) is 0.455. The average molecular weight is 50.9 g/mol. The third-order valence-electron chi connectivity index (χ3n) is 0.167. The Kier molecular flexibility index (Phi) is 2.52. The molecule has 0 saturated heterocycles. The van der Waals surface area contributed by atoms with Gasteiger partial charge >= 0.3 is 26.1 Å². The summed E-state index contributed by atoms with van der Waals surface area (Å²) in [5, 5.41) is 0. The minimum atomic E-state index is 1.65. The van der Waals surface area contributed by atoms with Crippen LogP contribution in [0.15, 0.2) is 6.08 Å². The molecule has 0 rings (SSSR count). The van der Waals surface area contributed by atoms with Crippen molar-refractivity contribution >= 4 is 13.1 Å². The van der Waals surface area contributed by atoms with Crippen molar-refractivity contribution in [3.63, 3.8) is 0 Å². The Balaban J connectivity index is 3.11. The first-order valence-electron chi connectivity index (χ1n) is 1.15. The summed E-state index contributed by atoms with van der Waals surface area (Å²) < 4.78 is 0. The Morgan fingerprint density at radius 3 is 2.25 bits per heavy atom. The van der Waals surface area contributed by atoms with Crippen LogP contribution in [0.3, 0.4) is 0 Å². The van der Waals surface area contributed by atoms with Crippen LogP contribution in [0.4, 0.5) is 0 Å². The number of rotatable bonds is 0. The van der Waals surface area contributed by atoms with Gasteiger partial charge in [-0.25, -0.2) is 0 Å². The van der Waals surface area contributed by atoms with Gasteiger partial charge in [-0.15, -0.1) is 0 Å². The molecule has 0 N–H and O–H groups in total. The second-order valence-corrected chi connectivity index (χ2v) is 0.455. The summed E-state index contributed by atoms with van der Waals surface area (Å²) in [6, 6.07) is 0. The Morgan fingerprint density at radius 2 is 2.25 bits per heavy atom. The van der Waals surface area contributed by atoms with Gasteiger partial charge in [-0.2, -0.15) is 0 Å². The monoisotopic (exact) mass is 51.0 g/mol. The van der Waals surface area contributed by atoms with Gasteiger partial charge in [-0.05, 0) is 0 Å². The molecule has 0 aliphatic carbocycles. The van der Waals surface area contributed by atoms with Crippen molar-refractivity contribution in [3.8, 4) is 0 Å². The molecule has 0 bridgehead atoms. The van der Waals surface area contributed by atoms with E-state index in [-0.39, 0.29) is 0 Å². The maximum atomic E-state index is 4.72. The molecule has 0 spiro atoms. The van der Waals surface area contributed by atoms with Crippen molar-refractivity contribution in [2.75, 3.05) is 0 Å². The van der Waals surface area contributed by atoms with Crippen LogP contribution < -0.4 is 0 Å². The SMILES string of the molecule is [B]=C=CC. The fraction of sp³-hybridized carbons (Fsp3) is 0.333. The van der Waals surface area contributed by atoms with Gasteiger partial charge in [0.15, 0.2) is 0 Å². The topological polar surface area (TPSA) is 0 Å². The first kappa shape index (κ1) is 3.71. The van der Waals surface area contributed by atoms with E-state index in [1.807, 2.05) is 6.92 Å². The van der Waals surface area contributed by atoms with E-state index in [2.05, 4.69) is 5.62 Å². The van der Waals surface area contributed by atoms with Gasteiger partial charge in [0.1, 0.15) is 0 Å². The molecule has 0 aliphatic rings. The molecule has 0 atom stereocenters. The molecule has 19 valence electrons. The molecule has 1 heteroatoms. The molecule has 0 aliphatic heterocycles. The van der Waals surface area contributed by atoms with Gasteiger partial charge in [-0.1, -0.05) is 0 Å². The van der Waals surface area contributed by atoms with E-state index in [9.17, 15) is 0 Å². The van der Waals surface area contributed by atoms with Gasteiger partial charge in [-0.3, -0.25) is 0 Å². The minimum absolute atomic E-state index is 1.65. The molecule has 0 aromatic carbocycles. The van der Waals surface area contributed by atoms with Gasteiger partial charge in [0.25, 0.3) is 0 Å². The molecule has 0 saturated carbocycles. The van der Waals surface area contributed by atoms with Crippen molar-refractivity contribution in [2.24, 2.45) is 0 Å². The van der Waals surface area contributed by atoms with E-state index in [4.69, 9.17) is 7.49 Å². The van der Waals surface area contributed by atoms with Crippen LogP contribution in [0, 0.1) is 0 Å². The second kappa shape index (κ2) is 2.71. The summed E-state index contributed by atoms with van der Waals surface area (Å²) in [6.07, 6.45) is 1.65. The Morgan fingerprint density at radius 1 is 2.00 bits per heavy atom. The van der Waals surface area contributed by atoms with Crippen molar-refractivity contribution in [1.29, 1.82) is 0 Å². The van der Waals surface area contributed by atoms with E-state index in [0.717, 1.165) is 0 Å². The average Bonchev–Trinajstić information content (AvgIpc) is 1.37. The number of hydrogen-bond donors (Lipinski definition) is 0. The van der Waals surface area contributed by atoms with Gasteiger partial charge in [0.2, 0.25) is 0 Å². The summed E-state index contributed by atoms with van der Waals surface area (Å²) in [6.45, 7) is 1.82. The van der Waals surface area contributed by atoms with Gasteiger partial charge in [0.05, 0.1) is 0 Å². The first-order chi connectivity index (χ1) is 1.91. The summed E-state index contributed by atoms with van der Waals surface area (Å²) in [5.41, 5.74) is 2.31. The number of allylic oxidation sites excluding steroid dienone is 1. The van der Waals surface area contributed by atoms with Crippen LogP contribution in [-0.4, -0.2) is 13.1 Å². The predicted octanol–water partition coefficient (Wildman–Crippen LogP) is 0.132. The third kappa shape index (κ3) is 1.71. The van der Waals surface area contributed by atoms with Crippen LogP contribution in [-0.2, 0) is 0 Å². The molecule has 0 unspecified atom stereocenters. The molecule has 1 radical (unpaired) electrons. The molecule has 0 aromatic heterocycles. The summed E-state index contributed by atoms with van der Waals surface area (Å²) in [5.74, 6) is 0. The molecule has 4 heavy (non-hydrogen) atoms. The van der Waals surface area contributed by atoms with Crippen LogP contribution in [0.5, 0.6) is 0 Å². The van der Waals surface area contributed by atoms with Crippen molar-refractivity contribution in [3.05, 3.63) is 6.08 Å². The van der Waals surface area contributed by atoms with Gasteiger partial charge in [0, 0.05) is 0 Å². The Hall–Kier alpha value is -0.285. The Labute approximate surface area is 27.2 Å². The summed E-state index contributed by atoms with van der Waals surface area (Å²) in [7, 11) is 4.72. The van der Waals surface area contributed by atoms with E-state index in [1.165, 1.54) is 0 Å². The Bertz CT molecular complexity index is 41.2. The quantitative estimate of drug-likeness (QED) is 0.343. The number of hydrogen-bond acceptors (Lipinski definition) is 0. The van der Waals surface area contributed by atoms with Gasteiger partial charge < -0.3 is 0 Å². The van der Waals surface area contributed by atoms with E-state index in [0.29, 0.717) is 0 Å². The predicted molar refractivity (Wildman–Crippen MR) is 21.0 cm³/mol. The molecule has 0 nitrogen and oxygen atoms in total. The van der Waals surface area contributed by atoms with Crippen molar-refractivity contribution < 1.29 is 0 Å². The van der Waals surface area contributed by atoms with E-state index in [1.54, 1.807) is 6.08 Å². The van der Waals surface area contributed by atoms with Crippen LogP contribution >= 0.6 is 0 Å². The zero-order chi connectivity index (χ0) is 3.41. The molecular formula is C3H4B. The normalized spacial score (nSPS) is 4.00. The molecule has 0 fully saturated rings. The van der Waals surface area contributed by atoms with Crippen molar-refractivity contribution in [2.45, 2.75) is 6.92 Å². The zero-order valence-electron chi connectivity index (χ0n) is 2.65. The summed E-state index contributed by atoms with van der Waals surface area (Å²) in [4.78, 5) is 0. The molecule has 0 amide bonds. The fourth-order valence-electron chi connectivity index (χ4n) is 0. The third-order valence-corrected chi connectivity index (χ3v) is 0.167. The zero-order valence-corrected chi connectivity index (χ0v) is 2.65.